The van der Waals surface area contributed by atoms with Crippen LogP contribution in [0.25, 0.3) is 11.1 Å². The van der Waals surface area contributed by atoms with Crippen molar-refractivity contribution in [2.24, 2.45) is 15.7 Å². The highest BCUT2D eigenvalue weighted by Gasteiger charge is 2.16. The highest BCUT2D eigenvalue weighted by Crippen LogP contribution is 2.23. The van der Waals surface area contributed by atoms with Gasteiger partial charge >= 0.3 is 0 Å². The molecule has 6 nitrogen and oxygen atoms in total. The van der Waals surface area contributed by atoms with Gasteiger partial charge in [-0.05, 0) is 29.8 Å². The van der Waals surface area contributed by atoms with Crippen LogP contribution < -0.4 is 15.8 Å². The third-order valence-electron chi connectivity index (χ3n) is 3.76. The standard InChI is InChI=1S/C19H19N5O/c1-21-18(20)17(16-8-3-4-9-22-16)19-23-11-14(12-24-19)13-6-5-7-15(10-13)25-2/h3-12,23H,1-2H3,(H2,20,21)/b19-17+. The van der Waals surface area contributed by atoms with Crippen molar-refractivity contribution in [3.8, 4) is 5.75 Å². The van der Waals surface area contributed by atoms with Gasteiger partial charge in [-0.2, -0.15) is 0 Å². The minimum absolute atomic E-state index is 0.372. The molecule has 0 aliphatic carbocycles. The minimum Gasteiger partial charge on any atom is -0.497 e. The molecule has 126 valence electrons. The molecule has 0 unspecified atom stereocenters. The summed E-state index contributed by atoms with van der Waals surface area (Å²) >= 11 is 0. The predicted molar refractivity (Wildman–Crippen MR) is 101 cm³/mol. The first-order valence-corrected chi connectivity index (χ1v) is 7.76. The Kier molecular flexibility index (Phi) is 4.89. The molecule has 3 rings (SSSR count). The van der Waals surface area contributed by atoms with Gasteiger partial charge in [0.15, 0.2) is 0 Å². The number of amidine groups is 1. The summed E-state index contributed by atoms with van der Waals surface area (Å²) in [6, 6.07) is 13.4. The summed E-state index contributed by atoms with van der Waals surface area (Å²) in [4.78, 5) is 13.0. The number of rotatable bonds is 4. The quantitative estimate of drug-likeness (QED) is 0.665. The fourth-order valence-electron chi connectivity index (χ4n) is 2.45. The zero-order valence-electron chi connectivity index (χ0n) is 14.1. The van der Waals surface area contributed by atoms with Crippen molar-refractivity contribution in [3.05, 3.63) is 71.9 Å². The number of ether oxygens (including phenoxy) is 1. The fourth-order valence-corrected chi connectivity index (χ4v) is 2.45. The Morgan fingerprint density at radius 1 is 1.20 bits per heavy atom. The molecule has 0 saturated carbocycles. The minimum atomic E-state index is 0.372. The molecule has 0 fully saturated rings. The van der Waals surface area contributed by atoms with Crippen molar-refractivity contribution < 1.29 is 4.74 Å². The van der Waals surface area contributed by atoms with Gasteiger partial charge in [0.25, 0.3) is 0 Å². The van der Waals surface area contributed by atoms with Crippen molar-refractivity contribution in [3.63, 3.8) is 0 Å². The van der Waals surface area contributed by atoms with Crippen LogP contribution in [0.15, 0.2) is 70.7 Å². The Labute approximate surface area is 146 Å². The van der Waals surface area contributed by atoms with Gasteiger partial charge in [0.2, 0.25) is 0 Å². The lowest BCUT2D eigenvalue weighted by atomic mass is 10.1. The Hall–Kier alpha value is -3.41. The zero-order valence-corrected chi connectivity index (χ0v) is 14.1. The summed E-state index contributed by atoms with van der Waals surface area (Å²) < 4.78 is 5.27. The number of nitrogens with one attached hydrogen (secondary N) is 1. The molecule has 25 heavy (non-hydrogen) atoms. The second-order valence-electron chi connectivity index (χ2n) is 5.28. The number of hydrogen-bond acceptors (Lipinski definition) is 5. The fraction of sp³-hybridized carbons (Fsp3) is 0.105. The summed E-state index contributed by atoms with van der Waals surface area (Å²) in [5, 5.41) is 3.20. The van der Waals surface area contributed by atoms with Crippen LogP contribution in [-0.4, -0.2) is 31.2 Å². The molecule has 1 aromatic carbocycles. The monoisotopic (exact) mass is 333 g/mol. The van der Waals surface area contributed by atoms with Gasteiger partial charge in [0.05, 0.1) is 18.4 Å². The number of aliphatic imine (C=N–C) groups is 2. The number of nitrogens with zero attached hydrogens (tertiary/aromatic N) is 3. The van der Waals surface area contributed by atoms with Gasteiger partial charge in [-0.15, -0.1) is 0 Å². The lowest BCUT2D eigenvalue weighted by Crippen LogP contribution is -2.21. The first-order chi connectivity index (χ1) is 12.2. The average molecular weight is 333 g/mol. The molecule has 1 aliphatic rings. The Morgan fingerprint density at radius 3 is 2.72 bits per heavy atom. The van der Waals surface area contributed by atoms with E-state index in [1.165, 1.54) is 0 Å². The smallest absolute Gasteiger partial charge is 0.143 e. The molecule has 2 aromatic rings. The second-order valence-corrected chi connectivity index (χ2v) is 5.28. The number of methoxy groups -OCH3 is 1. The van der Waals surface area contributed by atoms with E-state index in [2.05, 4.69) is 20.3 Å². The summed E-state index contributed by atoms with van der Waals surface area (Å²) in [7, 11) is 3.29. The number of hydrogen-bond donors (Lipinski definition) is 2. The largest absolute Gasteiger partial charge is 0.497 e. The second kappa shape index (κ2) is 7.44. The Bertz CT molecular complexity index is 882. The summed E-state index contributed by atoms with van der Waals surface area (Å²) in [5.74, 6) is 1.77. The maximum absolute atomic E-state index is 6.06. The van der Waals surface area contributed by atoms with Crippen molar-refractivity contribution in [2.75, 3.05) is 14.2 Å². The van der Waals surface area contributed by atoms with E-state index in [1.54, 1.807) is 26.6 Å². The summed E-state index contributed by atoms with van der Waals surface area (Å²) in [6.07, 6.45) is 5.37. The van der Waals surface area contributed by atoms with Gasteiger partial charge in [-0.1, -0.05) is 18.2 Å². The normalized spacial score (nSPS) is 16.1. The Balaban J connectivity index is 1.96. The van der Waals surface area contributed by atoms with Crippen molar-refractivity contribution >= 4 is 23.2 Å². The van der Waals surface area contributed by atoms with E-state index in [4.69, 9.17) is 10.5 Å². The van der Waals surface area contributed by atoms with Crippen LogP contribution in [-0.2, 0) is 0 Å². The Morgan fingerprint density at radius 2 is 2.08 bits per heavy atom. The first-order valence-electron chi connectivity index (χ1n) is 7.76. The number of nitrogens with two attached hydrogens (primary N) is 1. The maximum Gasteiger partial charge on any atom is 0.143 e. The molecule has 1 aromatic heterocycles. The topological polar surface area (TPSA) is 84.9 Å². The van der Waals surface area contributed by atoms with Crippen molar-refractivity contribution in [2.45, 2.75) is 0 Å². The van der Waals surface area contributed by atoms with Crippen LogP contribution >= 0.6 is 0 Å². The number of benzene rings is 1. The lowest BCUT2D eigenvalue weighted by Gasteiger charge is -2.16. The maximum atomic E-state index is 6.06. The van der Waals surface area contributed by atoms with E-state index in [0.29, 0.717) is 22.9 Å². The third kappa shape index (κ3) is 3.58. The summed E-state index contributed by atoms with van der Waals surface area (Å²) in [5.41, 5.74) is 9.39. The SMILES string of the molecule is C/N=C(N)\C(=C1\N=CC(c2cccc(OC)c2)=CN1)c1ccccn1. The van der Waals surface area contributed by atoms with Gasteiger partial charge in [-0.25, -0.2) is 4.99 Å². The van der Waals surface area contributed by atoms with Gasteiger partial charge in [0.1, 0.15) is 17.4 Å². The predicted octanol–water partition coefficient (Wildman–Crippen LogP) is 2.46. The van der Waals surface area contributed by atoms with Crippen LogP contribution in [0.1, 0.15) is 11.3 Å². The third-order valence-corrected chi connectivity index (χ3v) is 3.76. The van der Waals surface area contributed by atoms with E-state index in [9.17, 15) is 0 Å². The lowest BCUT2D eigenvalue weighted by molar-refractivity contribution is 0.414. The molecule has 1 aliphatic heterocycles. The van der Waals surface area contributed by atoms with E-state index in [0.717, 1.165) is 16.9 Å². The number of allylic oxidation sites excluding steroid dienone is 1. The molecular formula is C19H19N5O. The highest BCUT2D eigenvalue weighted by atomic mass is 16.5. The molecule has 0 amide bonds. The van der Waals surface area contributed by atoms with Crippen molar-refractivity contribution in [1.29, 1.82) is 0 Å². The van der Waals surface area contributed by atoms with E-state index >= 15 is 0 Å². The molecule has 0 atom stereocenters. The van der Waals surface area contributed by atoms with Crippen LogP contribution in [0.5, 0.6) is 5.75 Å². The molecule has 0 radical (unpaired) electrons. The van der Waals surface area contributed by atoms with E-state index in [-0.39, 0.29) is 0 Å². The number of aromatic nitrogens is 1. The van der Waals surface area contributed by atoms with Crippen LogP contribution in [0.2, 0.25) is 0 Å². The molecule has 2 heterocycles. The summed E-state index contributed by atoms with van der Waals surface area (Å²) in [6.45, 7) is 0. The van der Waals surface area contributed by atoms with E-state index < -0.39 is 0 Å². The van der Waals surface area contributed by atoms with Crippen LogP contribution in [0.4, 0.5) is 0 Å². The van der Waals surface area contributed by atoms with Crippen molar-refractivity contribution in [1.82, 2.24) is 10.3 Å². The molecule has 3 N–H and O–H groups in total. The van der Waals surface area contributed by atoms with Crippen LogP contribution in [0.3, 0.4) is 0 Å². The van der Waals surface area contributed by atoms with Crippen LogP contribution in [0, 0.1) is 0 Å². The number of pyridine rings is 1. The average Bonchev–Trinajstić information content (AvgIpc) is 2.69. The van der Waals surface area contributed by atoms with E-state index in [1.807, 2.05) is 48.7 Å². The molecule has 0 spiro atoms. The van der Waals surface area contributed by atoms with Gasteiger partial charge in [0, 0.05) is 31.2 Å². The molecular weight excluding hydrogens is 314 g/mol. The first kappa shape index (κ1) is 16.4. The zero-order chi connectivity index (χ0) is 17.6. The molecule has 6 heteroatoms. The highest BCUT2D eigenvalue weighted by molar-refractivity contribution is 6.23. The molecule has 0 bridgehead atoms. The van der Waals surface area contributed by atoms with Gasteiger partial charge < -0.3 is 15.8 Å². The molecule has 0 saturated heterocycles. The van der Waals surface area contributed by atoms with Gasteiger partial charge in [-0.3, -0.25) is 9.98 Å².